The second-order valence-corrected chi connectivity index (χ2v) is 5.12. The van der Waals surface area contributed by atoms with E-state index in [0.717, 1.165) is 12.0 Å². The smallest absolute Gasteiger partial charge is 0.220 e. The Labute approximate surface area is 112 Å². The Kier molecular flexibility index (Phi) is 3.07. The van der Waals surface area contributed by atoms with E-state index in [2.05, 4.69) is 22.5 Å². The number of carbonyl (C=O) groups is 1. The molecule has 3 rings (SSSR count). The standard InChI is InChI=1S/C15H17N3O/c1-18-10-12(9-16-18)13-8-15(19)17-14(13)7-11-5-3-2-4-6-11/h2-6,9-10,13-14H,7-8H2,1H3,(H,17,19). The molecule has 1 aromatic heterocycles. The summed E-state index contributed by atoms with van der Waals surface area (Å²) in [6, 6.07) is 10.4. The van der Waals surface area contributed by atoms with Gasteiger partial charge in [-0.1, -0.05) is 30.3 Å². The monoisotopic (exact) mass is 255 g/mol. The van der Waals surface area contributed by atoms with Gasteiger partial charge in [0.15, 0.2) is 0 Å². The minimum atomic E-state index is 0.134. The fraction of sp³-hybridized carbons (Fsp3) is 0.333. The number of nitrogens with one attached hydrogen (secondary N) is 1. The predicted molar refractivity (Wildman–Crippen MR) is 72.6 cm³/mol. The van der Waals surface area contributed by atoms with Crippen molar-refractivity contribution < 1.29 is 4.79 Å². The van der Waals surface area contributed by atoms with Gasteiger partial charge in [-0.25, -0.2) is 0 Å². The third-order valence-corrected chi connectivity index (χ3v) is 3.69. The Morgan fingerprint density at radius 3 is 2.84 bits per heavy atom. The molecule has 0 aliphatic carbocycles. The van der Waals surface area contributed by atoms with E-state index in [1.807, 2.05) is 37.6 Å². The molecule has 0 spiro atoms. The van der Waals surface area contributed by atoms with Crippen molar-refractivity contribution in [3.05, 3.63) is 53.9 Å². The molecule has 1 saturated heterocycles. The van der Waals surface area contributed by atoms with Crippen LogP contribution in [0.15, 0.2) is 42.7 Å². The SMILES string of the molecule is Cn1cc(C2CC(=O)NC2Cc2ccccc2)cn1. The summed E-state index contributed by atoms with van der Waals surface area (Å²) in [6.07, 6.45) is 5.29. The van der Waals surface area contributed by atoms with Crippen molar-refractivity contribution in [2.45, 2.75) is 24.8 Å². The van der Waals surface area contributed by atoms with E-state index < -0.39 is 0 Å². The van der Waals surface area contributed by atoms with Gasteiger partial charge in [-0.15, -0.1) is 0 Å². The summed E-state index contributed by atoms with van der Waals surface area (Å²) in [7, 11) is 1.90. The van der Waals surface area contributed by atoms with Crippen molar-refractivity contribution in [1.82, 2.24) is 15.1 Å². The highest BCUT2D eigenvalue weighted by molar-refractivity contribution is 5.80. The Hall–Kier alpha value is -2.10. The largest absolute Gasteiger partial charge is 0.352 e. The zero-order chi connectivity index (χ0) is 13.2. The Morgan fingerprint density at radius 1 is 1.37 bits per heavy atom. The Morgan fingerprint density at radius 2 is 2.16 bits per heavy atom. The molecule has 2 aromatic rings. The van der Waals surface area contributed by atoms with Gasteiger partial charge in [0.25, 0.3) is 0 Å². The first-order chi connectivity index (χ1) is 9.22. The van der Waals surface area contributed by atoms with E-state index in [0.29, 0.717) is 6.42 Å². The van der Waals surface area contributed by atoms with Crippen LogP contribution in [0.5, 0.6) is 0 Å². The maximum absolute atomic E-state index is 11.7. The first-order valence-electron chi connectivity index (χ1n) is 6.54. The van der Waals surface area contributed by atoms with Gasteiger partial charge in [0.1, 0.15) is 0 Å². The highest BCUT2D eigenvalue weighted by Gasteiger charge is 2.34. The number of nitrogens with zero attached hydrogens (tertiary/aromatic N) is 2. The third-order valence-electron chi connectivity index (χ3n) is 3.69. The fourth-order valence-electron chi connectivity index (χ4n) is 2.75. The molecule has 4 nitrogen and oxygen atoms in total. The minimum Gasteiger partial charge on any atom is -0.352 e. The van der Waals surface area contributed by atoms with Gasteiger partial charge in [-0.2, -0.15) is 5.10 Å². The second-order valence-electron chi connectivity index (χ2n) is 5.12. The van der Waals surface area contributed by atoms with Crippen molar-refractivity contribution in [3.8, 4) is 0 Å². The second kappa shape index (κ2) is 4.88. The summed E-state index contributed by atoms with van der Waals surface area (Å²) in [5.41, 5.74) is 2.39. The maximum Gasteiger partial charge on any atom is 0.220 e. The number of aryl methyl sites for hydroxylation is 1. The summed E-state index contributed by atoms with van der Waals surface area (Å²) in [6.45, 7) is 0. The number of rotatable bonds is 3. The van der Waals surface area contributed by atoms with Crippen LogP contribution in [0.25, 0.3) is 0 Å². The first kappa shape index (κ1) is 12.0. The van der Waals surface area contributed by atoms with E-state index in [4.69, 9.17) is 0 Å². The number of carbonyl (C=O) groups excluding carboxylic acids is 1. The van der Waals surface area contributed by atoms with Gasteiger partial charge in [0.2, 0.25) is 5.91 Å². The number of aromatic nitrogens is 2. The highest BCUT2D eigenvalue weighted by atomic mass is 16.2. The molecular formula is C15H17N3O. The summed E-state index contributed by atoms with van der Waals surface area (Å²) in [5.74, 6) is 0.358. The average Bonchev–Trinajstić information content (AvgIpc) is 2.97. The minimum absolute atomic E-state index is 0.134. The molecule has 0 radical (unpaired) electrons. The van der Waals surface area contributed by atoms with Crippen LogP contribution >= 0.6 is 0 Å². The van der Waals surface area contributed by atoms with Gasteiger partial charge < -0.3 is 5.32 Å². The molecule has 2 atom stereocenters. The lowest BCUT2D eigenvalue weighted by molar-refractivity contribution is -0.119. The van der Waals surface area contributed by atoms with Gasteiger partial charge in [0.05, 0.1) is 6.20 Å². The van der Waals surface area contributed by atoms with E-state index >= 15 is 0 Å². The molecule has 4 heteroatoms. The topological polar surface area (TPSA) is 46.9 Å². The van der Waals surface area contributed by atoms with Crippen molar-refractivity contribution in [2.75, 3.05) is 0 Å². The Bertz CT molecular complexity index is 576. The molecule has 0 saturated carbocycles. The lowest BCUT2D eigenvalue weighted by Gasteiger charge is -2.17. The van der Waals surface area contributed by atoms with E-state index in [1.54, 1.807) is 4.68 Å². The van der Waals surface area contributed by atoms with Crippen LogP contribution in [-0.4, -0.2) is 21.7 Å². The van der Waals surface area contributed by atoms with Crippen LogP contribution in [0.2, 0.25) is 0 Å². The van der Waals surface area contributed by atoms with Crippen molar-refractivity contribution in [3.63, 3.8) is 0 Å². The van der Waals surface area contributed by atoms with Gasteiger partial charge >= 0.3 is 0 Å². The highest BCUT2D eigenvalue weighted by Crippen LogP contribution is 2.29. The quantitative estimate of drug-likeness (QED) is 0.906. The summed E-state index contributed by atoms with van der Waals surface area (Å²) < 4.78 is 1.79. The third kappa shape index (κ3) is 2.52. The number of hydrogen-bond acceptors (Lipinski definition) is 2. The summed E-state index contributed by atoms with van der Waals surface area (Å²) in [4.78, 5) is 11.7. The van der Waals surface area contributed by atoms with Crippen LogP contribution in [0, 0.1) is 0 Å². The van der Waals surface area contributed by atoms with Gasteiger partial charge in [0, 0.05) is 31.6 Å². The molecule has 1 N–H and O–H groups in total. The van der Waals surface area contributed by atoms with Crippen molar-refractivity contribution >= 4 is 5.91 Å². The zero-order valence-corrected chi connectivity index (χ0v) is 10.9. The maximum atomic E-state index is 11.7. The molecule has 2 unspecified atom stereocenters. The van der Waals surface area contributed by atoms with Crippen LogP contribution in [0.1, 0.15) is 23.5 Å². The fourth-order valence-corrected chi connectivity index (χ4v) is 2.75. The van der Waals surface area contributed by atoms with Gasteiger partial charge in [-0.3, -0.25) is 9.48 Å². The molecule has 1 aliphatic rings. The lowest BCUT2D eigenvalue weighted by Crippen LogP contribution is -2.30. The number of benzene rings is 1. The van der Waals surface area contributed by atoms with Crippen LogP contribution < -0.4 is 5.32 Å². The van der Waals surface area contributed by atoms with E-state index in [-0.39, 0.29) is 17.9 Å². The van der Waals surface area contributed by atoms with Crippen molar-refractivity contribution in [2.24, 2.45) is 7.05 Å². The predicted octanol–water partition coefficient (Wildman–Crippen LogP) is 1.63. The van der Waals surface area contributed by atoms with Crippen LogP contribution in [0.4, 0.5) is 0 Å². The van der Waals surface area contributed by atoms with Crippen molar-refractivity contribution in [1.29, 1.82) is 0 Å². The molecule has 1 fully saturated rings. The Balaban J connectivity index is 1.81. The average molecular weight is 255 g/mol. The van der Waals surface area contributed by atoms with Gasteiger partial charge in [-0.05, 0) is 17.5 Å². The molecule has 1 aromatic carbocycles. The molecule has 2 heterocycles. The molecule has 19 heavy (non-hydrogen) atoms. The summed E-state index contributed by atoms with van der Waals surface area (Å²) in [5, 5.41) is 7.29. The van der Waals surface area contributed by atoms with E-state index in [1.165, 1.54) is 5.56 Å². The lowest BCUT2D eigenvalue weighted by atomic mass is 9.90. The van der Waals surface area contributed by atoms with E-state index in [9.17, 15) is 4.79 Å². The number of hydrogen-bond donors (Lipinski definition) is 1. The normalized spacial score (nSPS) is 22.5. The van der Waals surface area contributed by atoms with Crippen LogP contribution in [0.3, 0.4) is 0 Å². The molecular weight excluding hydrogens is 238 g/mol. The molecule has 0 bridgehead atoms. The first-order valence-corrected chi connectivity index (χ1v) is 6.54. The summed E-state index contributed by atoms with van der Waals surface area (Å²) >= 11 is 0. The van der Waals surface area contributed by atoms with Crippen LogP contribution in [-0.2, 0) is 18.3 Å². The molecule has 1 aliphatic heterocycles. The number of amides is 1. The zero-order valence-electron chi connectivity index (χ0n) is 10.9. The molecule has 1 amide bonds. The molecule has 98 valence electrons.